The molecule has 0 spiro atoms. The lowest BCUT2D eigenvalue weighted by molar-refractivity contribution is 0.559. The number of hydrogen-bond acceptors (Lipinski definition) is 4. The largest absolute Gasteiger partial charge is 0.321 e. The first-order valence-corrected chi connectivity index (χ1v) is 7.81. The zero-order chi connectivity index (χ0) is 12.2. The Morgan fingerprint density at radius 2 is 2.06 bits per heavy atom. The summed E-state index contributed by atoms with van der Waals surface area (Å²) >= 11 is 3.74. The monoisotopic (exact) mass is 258 g/mol. The molecule has 0 saturated heterocycles. The molecule has 1 aromatic rings. The predicted octanol–water partition coefficient (Wildman–Crippen LogP) is 3.54. The number of nitrogens with zero attached hydrogens (tertiary/aromatic N) is 1. The van der Waals surface area contributed by atoms with Gasteiger partial charge in [0.2, 0.25) is 0 Å². The van der Waals surface area contributed by atoms with Crippen molar-refractivity contribution in [3.63, 3.8) is 0 Å². The summed E-state index contributed by atoms with van der Waals surface area (Å²) in [6, 6.07) is 0. The van der Waals surface area contributed by atoms with E-state index in [1.54, 1.807) is 11.3 Å². The second-order valence-corrected chi connectivity index (χ2v) is 6.70. The average molecular weight is 258 g/mol. The van der Waals surface area contributed by atoms with E-state index in [0.29, 0.717) is 0 Å². The van der Waals surface area contributed by atoms with Crippen LogP contribution in [-0.4, -0.2) is 10.7 Å². The molecule has 4 heteroatoms. The van der Waals surface area contributed by atoms with E-state index in [2.05, 4.69) is 32.7 Å². The highest BCUT2D eigenvalue weighted by molar-refractivity contribution is 7.98. The smallest absolute Gasteiger partial charge is 0.103 e. The number of aryl methyl sites for hydroxylation is 1. The third-order valence-corrected chi connectivity index (χ3v) is 5.03. The van der Waals surface area contributed by atoms with Crippen LogP contribution in [0.25, 0.3) is 0 Å². The molecule has 1 heterocycles. The second-order valence-electron chi connectivity index (χ2n) is 4.51. The van der Waals surface area contributed by atoms with Crippen molar-refractivity contribution >= 4 is 23.1 Å². The zero-order valence-corrected chi connectivity index (χ0v) is 12.3. The van der Waals surface area contributed by atoms with Crippen LogP contribution in [0, 0.1) is 0 Å². The molecule has 0 saturated carbocycles. The number of thioether (sulfide) groups is 1. The molecule has 0 amide bonds. The van der Waals surface area contributed by atoms with Crippen molar-refractivity contribution in [3.8, 4) is 0 Å². The van der Waals surface area contributed by atoms with E-state index in [1.165, 1.54) is 27.8 Å². The molecule has 0 unspecified atom stereocenters. The minimum absolute atomic E-state index is 0.253. The van der Waals surface area contributed by atoms with Crippen LogP contribution < -0.4 is 5.73 Å². The molecule has 16 heavy (non-hydrogen) atoms. The van der Waals surface area contributed by atoms with Gasteiger partial charge in [-0.25, -0.2) is 4.98 Å². The summed E-state index contributed by atoms with van der Waals surface area (Å²) in [5.41, 5.74) is 7.10. The Balaban J connectivity index is 2.78. The number of nitrogens with two attached hydrogens (primary N) is 1. The summed E-state index contributed by atoms with van der Waals surface area (Å²) in [6.45, 7) is 8.47. The summed E-state index contributed by atoms with van der Waals surface area (Å²) in [6.07, 6.45) is 2.21. The molecule has 0 aliphatic rings. The normalized spacial score (nSPS) is 12.1. The Bertz CT molecular complexity index is 326. The summed E-state index contributed by atoms with van der Waals surface area (Å²) in [5, 5.41) is 1.23. The van der Waals surface area contributed by atoms with Gasteiger partial charge in [0, 0.05) is 16.2 Å². The molecule has 1 aromatic heterocycles. The van der Waals surface area contributed by atoms with Crippen LogP contribution >= 0.6 is 23.1 Å². The zero-order valence-electron chi connectivity index (χ0n) is 10.7. The lowest BCUT2D eigenvalue weighted by Gasteiger charge is -2.17. The Labute approximate surface area is 107 Å². The predicted molar refractivity (Wildman–Crippen MR) is 75.2 cm³/mol. The average Bonchev–Trinajstić information content (AvgIpc) is 2.61. The third-order valence-electron chi connectivity index (χ3n) is 2.24. The quantitative estimate of drug-likeness (QED) is 0.793. The van der Waals surface area contributed by atoms with Gasteiger partial charge >= 0.3 is 0 Å². The van der Waals surface area contributed by atoms with Crippen LogP contribution in [0.5, 0.6) is 0 Å². The molecule has 2 N–H and O–H groups in total. The molecule has 0 atom stereocenters. The molecule has 92 valence electrons. The Hall–Kier alpha value is -0.0600. The Morgan fingerprint density at radius 3 is 2.50 bits per heavy atom. The maximum atomic E-state index is 6.16. The van der Waals surface area contributed by atoms with Crippen molar-refractivity contribution in [2.24, 2.45) is 5.73 Å². The topological polar surface area (TPSA) is 38.9 Å². The van der Waals surface area contributed by atoms with Crippen molar-refractivity contribution in [1.29, 1.82) is 0 Å². The second kappa shape index (κ2) is 6.03. The molecule has 0 bridgehead atoms. The van der Waals surface area contributed by atoms with E-state index in [9.17, 15) is 0 Å². The van der Waals surface area contributed by atoms with Crippen molar-refractivity contribution < 1.29 is 0 Å². The van der Waals surface area contributed by atoms with Gasteiger partial charge in [0.25, 0.3) is 0 Å². The van der Waals surface area contributed by atoms with Crippen LogP contribution in [0.3, 0.4) is 0 Å². The molecule has 0 radical (unpaired) electrons. The van der Waals surface area contributed by atoms with Gasteiger partial charge in [-0.15, -0.1) is 11.3 Å². The molecule has 0 fully saturated rings. The summed E-state index contributed by atoms with van der Waals surface area (Å²) in [7, 11) is 0. The Kier molecular flexibility index (Phi) is 5.28. The SMILES string of the molecule is CCCSCc1nc(CC)c(C(C)(C)N)s1. The standard InChI is InChI=1S/C12H22N2S2/c1-5-7-15-8-10-14-9(6-2)11(16-10)12(3,4)13/h5-8,13H2,1-4H3. The van der Waals surface area contributed by atoms with Crippen LogP contribution in [0.4, 0.5) is 0 Å². The highest BCUT2D eigenvalue weighted by atomic mass is 32.2. The fourth-order valence-electron chi connectivity index (χ4n) is 1.51. The summed E-state index contributed by atoms with van der Waals surface area (Å²) in [4.78, 5) is 5.94. The van der Waals surface area contributed by atoms with Crippen LogP contribution in [-0.2, 0) is 17.7 Å². The van der Waals surface area contributed by atoms with Crippen LogP contribution in [0.2, 0.25) is 0 Å². The number of hydrogen-bond donors (Lipinski definition) is 1. The van der Waals surface area contributed by atoms with Crippen LogP contribution in [0.15, 0.2) is 0 Å². The van der Waals surface area contributed by atoms with E-state index in [4.69, 9.17) is 5.73 Å². The number of thiazole rings is 1. The van der Waals surface area contributed by atoms with Crippen molar-refractivity contribution in [2.45, 2.75) is 51.8 Å². The first-order valence-electron chi connectivity index (χ1n) is 5.84. The number of aromatic nitrogens is 1. The molecular weight excluding hydrogens is 236 g/mol. The van der Waals surface area contributed by atoms with Gasteiger partial charge in [-0.3, -0.25) is 0 Å². The Morgan fingerprint density at radius 1 is 1.38 bits per heavy atom. The molecule has 2 nitrogen and oxygen atoms in total. The molecule has 0 aromatic carbocycles. The van der Waals surface area contributed by atoms with Crippen molar-refractivity contribution in [3.05, 3.63) is 15.6 Å². The maximum absolute atomic E-state index is 6.16. The van der Waals surface area contributed by atoms with Crippen LogP contribution in [0.1, 0.15) is 49.7 Å². The van der Waals surface area contributed by atoms with Crippen molar-refractivity contribution in [1.82, 2.24) is 4.98 Å². The van der Waals surface area contributed by atoms with E-state index < -0.39 is 0 Å². The first kappa shape index (κ1) is 14.0. The maximum Gasteiger partial charge on any atom is 0.103 e. The van der Waals surface area contributed by atoms with E-state index >= 15 is 0 Å². The van der Waals surface area contributed by atoms with Gasteiger partial charge in [-0.05, 0) is 32.4 Å². The van der Waals surface area contributed by atoms with E-state index in [1.807, 2.05) is 11.8 Å². The van der Waals surface area contributed by atoms with E-state index in [-0.39, 0.29) is 5.54 Å². The van der Waals surface area contributed by atoms with Gasteiger partial charge in [0.15, 0.2) is 0 Å². The minimum Gasteiger partial charge on any atom is -0.321 e. The minimum atomic E-state index is -0.253. The fraction of sp³-hybridized carbons (Fsp3) is 0.750. The third kappa shape index (κ3) is 3.75. The van der Waals surface area contributed by atoms with Gasteiger partial charge in [0.1, 0.15) is 5.01 Å². The number of rotatable bonds is 6. The lowest BCUT2D eigenvalue weighted by atomic mass is 10.0. The molecule has 0 aliphatic heterocycles. The molecule has 0 aliphatic carbocycles. The van der Waals surface area contributed by atoms with Gasteiger partial charge in [0.05, 0.1) is 5.69 Å². The van der Waals surface area contributed by atoms with Gasteiger partial charge < -0.3 is 5.73 Å². The fourth-order valence-corrected chi connectivity index (χ4v) is 3.63. The first-order chi connectivity index (χ1) is 7.49. The highest BCUT2D eigenvalue weighted by Crippen LogP contribution is 2.30. The molecule has 1 rings (SSSR count). The highest BCUT2D eigenvalue weighted by Gasteiger charge is 2.22. The molecular formula is C12H22N2S2. The van der Waals surface area contributed by atoms with E-state index in [0.717, 1.165) is 12.2 Å². The summed E-state index contributed by atoms with van der Waals surface area (Å²) in [5.74, 6) is 2.24. The summed E-state index contributed by atoms with van der Waals surface area (Å²) < 4.78 is 0. The van der Waals surface area contributed by atoms with Gasteiger partial charge in [-0.1, -0.05) is 13.8 Å². The lowest BCUT2D eigenvalue weighted by Crippen LogP contribution is -2.28. The van der Waals surface area contributed by atoms with Gasteiger partial charge in [-0.2, -0.15) is 11.8 Å². The van der Waals surface area contributed by atoms with Crippen molar-refractivity contribution in [2.75, 3.05) is 5.75 Å².